The Morgan fingerprint density at radius 2 is 2.18 bits per heavy atom. The molecule has 0 unspecified atom stereocenters. The molecule has 2 rings (SSSR count). The van der Waals surface area contributed by atoms with Crippen LogP contribution in [0.25, 0.3) is 11.4 Å². The highest BCUT2D eigenvalue weighted by molar-refractivity contribution is 6.18. The molecule has 0 radical (unpaired) electrons. The Balaban J connectivity index is 2.47. The van der Waals surface area contributed by atoms with Crippen LogP contribution in [0, 0.1) is 0 Å². The Bertz CT molecular complexity index is 479. The zero-order chi connectivity index (χ0) is 12.3. The van der Waals surface area contributed by atoms with Crippen molar-refractivity contribution in [3.8, 4) is 11.4 Å². The second kappa shape index (κ2) is 5.27. The molecule has 0 bridgehead atoms. The molecule has 2 heterocycles. The number of H-pyrrole nitrogens is 1. The van der Waals surface area contributed by atoms with Crippen molar-refractivity contribution in [1.82, 2.24) is 20.2 Å². The summed E-state index contributed by atoms with van der Waals surface area (Å²) in [7, 11) is 0. The Morgan fingerprint density at radius 3 is 2.76 bits per heavy atom. The van der Waals surface area contributed by atoms with Crippen molar-refractivity contribution in [2.24, 2.45) is 0 Å². The van der Waals surface area contributed by atoms with Crippen molar-refractivity contribution >= 4 is 11.6 Å². The zero-order valence-corrected chi connectivity index (χ0v) is 10.7. The van der Waals surface area contributed by atoms with Crippen LogP contribution in [0.15, 0.2) is 18.6 Å². The third-order valence-corrected chi connectivity index (χ3v) is 2.82. The minimum absolute atomic E-state index is 0.395. The van der Waals surface area contributed by atoms with Crippen molar-refractivity contribution in [1.29, 1.82) is 0 Å². The van der Waals surface area contributed by atoms with Crippen molar-refractivity contribution in [3.05, 3.63) is 29.8 Å². The lowest BCUT2D eigenvalue weighted by atomic mass is 10.0. The van der Waals surface area contributed by atoms with E-state index in [1.807, 2.05) is 0 Å². The minimum Gasteiger partial charge on any atom is -0.281 e. The summed E-state index contributed by atoms with van der Waals surface area (Å²) in [4.78, 5) is 8.34. The summed E-state index contributed by atoms with van der Waals surface area (Å²) in [6, 6.07) is 0. The van der Waals surface area contributed by atoms with Crippen LogP contribution in [0.1, 0.15) is 31.0 Å². The molecule has 5 heteroatoms. The zero-order valence-electron chi connectivity index (χ0n) is 9.94. The van der Waals surface area contributed by atoms with Gasteiger partial charge in [-0.3, -0.25) is 15.1 Å². The highest BCUT2D eigenvalue weighted by atomic mass is 35.5. The van der Waals surface area contributed by atoms with Crippen LogP contribution in [-0.2, 0) is 6.42 Å². The predicted molar refractivity (Wildman–Crippen MR) is 68.1 cm³/mol. The SMILES string of the molecule is CC(C)c1[nH]nc(-c2cnccn2)c1CCCl. The van der Waals surface area contributed by atoms with Gasteiger partial charge in [-0.25, -0.2) is 0 Å². The first-order valence-electron chi connectivity index (χ1n) is 5.63. The van der Waals surface area contributed by atoms with E-state index < -0.39 is 0 Å². The molecule has 17 heavy (non-hydrogen) atoms. The van der Waals surface area contributed by atoms with E-state index in [0.717, 1.165) is 29.1 Å². The van der Waals surface area contributed by atoms with Crippen molar-refractivity contribution < 1.29 is 0 Å². The van der Waals surface area contributed by atoms with E-state index >= 15 is 0 Å². The molecular formula is C12H15ClN4. The van der Waals surface area contributed by atoms with Gasteiger partial charge < -0.3 is 0 Å². The molecule has 0 fully saturated rings. The molecule has 2 aromatic heterocycles. The molecule has 90 valence electrons. The van der Waals surface area contributed by atoms with E-state index in [1.165, 1.54) is 0 Å². The summed E-state index contributed by atoms with van der Waals surface area (Å²) in [5.41, 5.74) is 3.93. The maximum atomic E-state index is 5.85. The van der Waals surface area contributed by atoms with Gasteiger partial charge >= 0.3 is 0 Å². The van der Waals surface area contributed by atoms with Crippen molar-refractivity contribution in [2.75, 3.05) is 5.88 Å². The van der Waals surface area contributed by atoms with Gasteiger partial charge in [0.2, 0.25) is 0 Å². The van der Waals surface area contributed by atoms with Gasteiger partial charge in [-0.15, -0.1) is 11.6 Å². The molecule has 0 atom stereocenters. The van der Waals surface area contributed by atoms with Gasteiger partial charge in [-0.1, -0.05) is 13.8 Å². The van der Waals surface area contributed by atoms with Crippen LogP contribution in [0.4, 0.5) is 0 Å². The fraction of sp³-hybridized carbons (Fsp3) is 0.417. The second-order valence-corrected chi connectivity index (χ2v) is 4.53. The number of nitrogens with one attached hydrogen (secondary N) is 1. The van der Waals surface area contributed by atoms with Gasteiger partial charge in [-0.05, 0) is 12.3 Å². The third-order valence-electron chi connectivity index (χ3n) is 2.63. The number of hydrogen-bond acceptors (Lipinski definition) is 3. The van der Waals surface area contributed by atoms with Crippen LogP contribution in [0.5, 0.6) is 0 Å². The molecule has 0 aromatic carbocycles. The number of hydrogen-bond donors (Lipinski definition) is 1. The lowest BCUT2D eigenvalue weighted by molar-refractivity contribution is 0.797. The number of aromatic nitrogens is 4. The van der Waals surface area contributed by atoms with Crippen LogP contribution < -0.4 is 0 Å². The Hall–Kier alpha value is -1.42. The van der Waals surface area contributed by atoms with Gasteiger partial charge in [0.15, 0.2) is 0 Å². The first-order chi connectivity index (χ1) is 8.24. The lowest BCUT2D eigenvalue weighted by Gasteiger charge is -2.06. The summed E-state index contributed by atoms with van der Waals surface area (Å²) in [6.07, 6.45) is 5.83. The summed E-state index contributed by atoms with van der Waals surface area (Å²) < 4.78 is 0. The summed E-state index contributed by atoms with van der Waals surface area (Å²) >= 11 is 5.85. The van der Waals surface area contributed by atoms with Gasteiger partial charge in [0.1, 0.15) is 11.4 Å². The molecule has 2 aromatic rings. The molecular weight excluding hydrogens is 236 g/mol. The Labute approximate surface area is 105 Å². The van der Waals surface area contributed by atoms with Gasteiger partial charge in [0.05, 0.1) is 6.20 Å². The average Bonchev–Trinajstić information content (AvgIpc) is 2.75. The van der Waals surface area contributed by atoms with Crippen LogP contribution in [0.3, 0.4) is 0 Å². The normalized spacial score (nSPS) is 11.1. The van der Waals surface area contributed by atoms with Gasteiger partial charge in [-0.2, -0.15) is 5.10 Å². The highest BCUT2D eigenvalue weighted by Crippen LogP contribution is 2.26. The van der Waals surface area contributed by atoms with E-state index in [1.54, 1.807) is 18.6 Å². The molecule has 0 spiro atoms. The molecule has 4 nitrogen and oxygen atoms in total. The third kappa shape index (κ3) is 2.47. The quantitative estimate of drug-likeness (QED) is 0.849. The average molecular weight is 251 g/mol. The van der Waals surface area contributed by atoms with Crippen LogP contribution in [-0.4, -0.2) is 26.0 Å². The van der Waals surface area contributed by atoms with E-state index in [0.29, 0.717) is 11.8 Å². The molecule has 0 aliphatic carbocycles. The predicted octanol–water partition coefficient (Wildman–Crippen LogP) is 2.77. The summed E-state index contributed by atoms with van der Waals surface area (Å²) in [5.74, 6) is 0.970. The number of rotatable bonds is 4. The van der Waals surface area contributed by atoms with Crippen molar-refractivity contribution in [2.45, 2.75) is 26.2 Å². The maximum Gasteiger partial charge on any atom is 0.116 e. The topological polar surface area (TPSA) is 54.5 Å². The number of alkyl halides is 1. The molecule has 1 N–H and O–H groups in total. The van der Waals surface area contributed by atoms with E-state index in [9.17, 15) is 0 Å². The van der Waals surface area contributed by atoms with E-state index in [4.69, 9.17) is 11.6 Å². The van der Waals surface area contributed by atoms with Gasteiger partial charge in [0.25, 0.3) is 0 Å². The molecule has 0 amide bonds. The van der Waals surface area contributed by atoms with Crippen LogP contribution >= 0.6 is 11.6 Å². The van der Waals surface area contributed by atoms with Crippen LogP contribution in [0.2, 0.25) is 0 Å². The Morgan fingerprint density at radius 1 is 1.35 bits per heavy atom. The van der Waals surface area contributed by atoms with E-state index in [2.05, 4.69) is 34.0 Å². The monoisotopic (exact) mass is 250 g/mol. The van der Waals surface area contributed by atoms with Gasteiger partial charge in [0, 0.05) is 29.5 Å². The number of nitrogens with zero attached hydrogens (tertiary/aromatic N) is 3. The molecule has 0 aliphatic heterocycles. The largest absolute Gasteiger partial charge is 0.281 e. The first kappa shape index (κ1) is 12.0. The fourth-order valence-electron chi connectivity index (χ4n) is 1.84. The highest BCUT2D eigenvalue weighted by Gasteiger charge is 2.17. The minimum atomic E-state index is 0.395. The Kier molecular flexibility index (Phi) is 3.74. The van der Waals surface area contributed by atoms with E-state index in [-0.39, 0.29) is 0 Å². The molecule has 0 saturated carbocycles. The number of aromatic amines is 1. The number of halogens is 1. The molecule has 0 saturated heterocycles. The van der Waals surface area contributed by atoms with Crippen molar-refractivity contribution in [3.63, 3.8) is 0 Å². The maximum absolute atomic E-state index is 5.85. The summed E-state index contributed by atoms with van der Waals surface area (Å²) in [6.45, 7) is 4.26. The standard InChI is InChI=1S/C12H15ClN4/c1-8(2)11-9(3-4-13)12(17-16-11)10-7-14-5-6-15-10/h5-8H,3-4H2,1-2H3,(H,16,17). The lowest BCUT2D eigenvalue weighted by Crippen LogP contribution is -1.97. The fourth-order valence-corrected chi connectivity index (χ4v) is 2.03. The first-order valence-corrected chi connectivity index (χ1v) is 6.17. The summed E-state index contributed by atoms with van der Waals surface area (Å²) in [5, 5.41) is 7.42. The second-order valence-electron chi connectivity index (χ2n) is 4.15. The molecule has 0 aliphatic rings. The smallest absolute Gasteiger partial charge is 0.116 e.